The molecule has 188 valence electrons. The standard InChI is InChI=1S/C31H32N2O.2ClH/c1-23-11-13-26(14-12-23)30-22-28(27-9-5-6-10-29(27)32-30)31(34)21-25-16-19-33(20-17-25)18-15-24-7-3-2-4-8-24;;/h2-14,22,25H,15-21H2,1H3;2*1H. The molecule has 1 aliphatic rings. The van der Waals surface area contributed by atoms with Crippen molar-refractivity contribution in [2.45, 2.75) is 32.6 Å². The molecule has 1 fully saturated rings. The minimum absolute atomic E-state index is 0. The van der Waals surface area contributed by atoms with Gasteiger partial charge in [0.1, 0.15) is 0 Å². The highest BCUT2D eigenvalue weighted by Crippen LogP contribution is 2.29. The second kappa shape index (κ2) is 13.0. The molecule has 0 radical (unpaired) electrons. The Kier molecular flexibility index (Phi) is 10.1. The van der Waals surface area contributed by atoms with Crippen LogP contribution >= 0.6 is 24.8 Å². The highest BCUT2D eigenvalue weighted by atomic mass is 35.5. The lowest BCUT2D eigenvalue weighted by atomic mass is 9.88. The summed E-state index contributed by atoms with van der Waals surface area (Å²) in [6.45, 7) is 5.34. The van der Waals surface area contributed by atoms with Crippen molar-refractivity contribution >= 4 is 41.5 Å². The molecule has 1 saturated heterocycles. The van der Waals surface area contributed by atoms with Gasteiger partial charge in [-0.15, -0.1) is 24.8 Å². The van der Waals surface area contributed by atoms with Crippen LogP contribution in [0.1, 0.15) is 40.7 Å². The summed E-state index contributed by atoms with van der Waals surface area (Å²) in [4.78, 5) is 20.9. The van der Waals surface area contributed by atoms with Crippen LogP contribution in [-0.2, 0) is 6.42 Å². The van der Waals surface area contributed by atoms with E-state index in [2.05, 4.69) is 66.4 Å². The lowest BCUT2D eigenvalue weighted by molar-refractivity contribution is 0.0930. The molecule has 4 aromatic rings. The first kappa shape index (κ1) is 27.9. The summed E-state index contributed by atoms with van der Waals surface area (Å²) in [7, 11) is 0. The molecule has 36 heavy (non-hydrogen) atoms. The van der Waals surface area contributed by atoms with E-state index in [1.54, 1.807) is 0 Å². The molecule has 2 heterocycles. The van der Waals surface area contributed by atoms with Crippen molar-refractivity contribution in [2.24, 2.45) is 5.92 Å². The Hall–Kier alpha value is -2.72. The van der Waals surface area contributed by atoms with E-state index in [0.29, 0.717) is 12.3 Å². The lowest BCUT2D eigenvalue weighted by Crippen LogP contribution is -2.35. The first-order chi connectivity index (χ1) is 16.7. The SMILES string of the molecule is Cc1ccc(-c2cc(C(=O)CC3CCN(CCc4ccccc4)CC3)c3ccccc3n2)cc1.Cl.Cl. The molecule has 5 rings (SSSR count). The molecule has 0 atom stereocenters. The van der Waals surface area contributed by atoms with E-state index in [4.69, 9.17) is 4.98 Å². The van der Waals surface area contributed by atoms with E-state index in [9.17, 15) is 4.79 Å². The number of carbonyl (C=O) groups is 1. The van der Waals surface area contributed by atoms with Gasteiger partial charge in [-0.05, 0) is 62.9 Å². The summed E-state index contributed by atoms with van der Waals surface area (Å²) in [6.07, 6.45) is 3.89. The van der Waals surface area contributed by atoms with Gasteiger partial charge >= 0.3 is 0 Å². The van der Waals surface area contributed by atoms with Gasteiger partial charge in [0.25, 0.3) is 0 Å². The van der Waals surface area contributed by atoms with Gasteiger partial charge < -0.3 is 4.90 Å². The number of aryl methyl sites for hydroxylation is 1. The number of hydrogen-bond donors (Lipinski definition) is 0. The monoisotopic (exact) mass is 520 g/mol. The predicted molar refractivity (Wildman–Crippen MR) is 155 cm³/mol. The molecule has 0 bridgehead atoms. The Morgan fingerprint density at radius 1 is 0.889 bits per heavy atom. The summed E-state index contributed by atoms with van der Waals surface area (Å²) >= 11 is 0. The number of fused-ring (bicyclic) bond motifs is 1. The number of aromatic nitrogens is 1. The molecular formula is C31H34Cl2N2O. The van der Waals surface area contributed by atoms with Crippen LogP contribution in [0.2, 0.25) is 0 Å². The second-order valence-electron chi connectivity index (χ2n) is 9.59. The highest BCUT2D eigenvalue weighted by molar-refractivity contribution is 6.08. The number of likely N-dealkylation sites (tertiary alicyclic amines) is 1. The molecule has 0 saturated carbocycles. The zero-order valence-corrected chi connectivity index (χ0v) is 22.4. The minimum Gasteiger partial charge on any atom is -0.303 e. The molecule has 1 aromatic heterocycles. The number of piperidine rings is 1. The Balaban J connectivity index is 0.00000180. The number of rotatable bonds is 7. The van der Waals surface area contributed by atoms with Gasteiger partial charge in [-0.1, -0.05) is 78.4 Å². The maximum atomic E-state index is 13.5. The van der Waals surface area contributed by atoms with E-state index in [1.807, 2.05) is 30.3 Å². The smallest absolute Gasteiger partial charge is 0.163 e. The third-order valence-electron chi connectivity index (χ3n) is 7.10. The number of halogens is 2. The Morgan fingerprint density at radius 3 is 2.28 bits per heavy atom. The Bertz CT molecular complexity index is 1270. The summed E-state index contributed by atoms with van der Waals surface area (Å²) in [5, 5.41) is 0.962. The molecule has 0 unspecified atom stereocenters. The van der Waals surface area contributed by atoms with Crippen molar-refractivity contribution in [2.75, 3.05) is 19.6 Å². The van der Waals surface area contributed by atoms with Crippen LogP contribution in [0.4, 0.5) is 0 Å². The van der Waals surface area contributed by atoms with Crippen molar-refractivity contribution in [3.05, 3.63) is 102 Å². The van der Waals surface area contributed by atoms with Gasteiger partial charge in [-0.25, -0.2) is 4.98 Å². The first-order valence-electron chi connectivity index (χ1n) is 12.4. The molecule has 0 spiro atoms. The fourth-order valence-electron chi connectivity index (χ4n) is 5.00. The summed E-state index contributed by atoms with van der Waals surface area (Å²) in [5.74, 6) is 0.699. The number of carbonyl (C=O) groups excluding carboxylic acids is 1. The number of hydrogen-bond acceptors (Lipinski definition) is 3. The molecular weight excluding hydrogens is 487 g/mol. The van der Waals surface area contributed by atoms with E-state index < -0.39 is 0 Å². The molecule has 0 amide bonds. The second-order valence-corrected chi connectivity index (χ2v) is 9.59. The largest absolute Gasteiger partial charge is 0.303 e. The number of nitrogens with zero attached hydrogens (tertiary/aromatic N) is 2. The highest BCUT2D eigenvalue weighted by Gasteiger charge is 2.23. The van der Waals surface area contributed by atoms with Crippen LogP contribution in [0, 0.1) is 12.8 Å². The van der Waals surface area contributed by atoms with Crippen molar-refractivity contribution in [1.29, 1.82) is 0 Å². The van der Waals surface area contributed by atoms with Gasteiger partial charge in [0, 0.05) is 29.5 Å². The maximum absolute atomic E-state index is 13.5. The number of para-hydroxylation sites is 1. The normalized spacial score (nSPS) is 14.1. The van der Waals surface area contributed by atoms with Gasteiger partial charge in [-0.3, -0.25) is 4.79 Å². The van der Waals surface area contributed by atoms with Crippen molar-refractivity contribution in [3.8, 4) is 11.3 Å². The van der Waals surface area contributed by atoms with Gasteiger partial charge in [0.2, 0.25) is 0 Å². The minimum atomic E-state index is 0. The zero-order valence-electron chi connectivity index (χ0n) is 20.7. The third-order valence-corrected chi connectivity index (χ3v) is 7.10. The number of Topliss-reactive ketones (excluding diaryl/α,β-unsaturated/α-hetero) is 1. The first-order valence-corrected chi connectivity index (χ1v) is 12.4. The summed E-state index contributed by atoms with van der Waals surface area (Å²) in [6, 6.07) is 29.1. The lowest BCUT2D eigenvalue weighted by Gasteiger charge is -2.31. The number of pyridine rings is 1. The molecule has 3 aromatic carbocycles. The predicted octanol–water partition coefficient (Wildman–Crippen LogP) is 7.58. The van der Waals surface area contributed by atoms with E-state index in [1.165, 1.54) is 11.1 Å². The molecule has 1 aliphatic heterocycles. The van der Waals surface area contributed by atoms with Crippen molar-refractivity contribution in [1.82, 2.24) is 9.88 Å². The zero-order chi connectivity index (χ0) is 23.3. The average Bonchev–Trinajstić information content (AvgIpc) is 2.88. The summed E-state index contributed by atoms with van der Waals surface area (Å²) in [5.41, 5.74) is 6.24. The van der Waals surface area contributed by atoms with E-state index >= 15 is 0 Å². The van der Waals surface area contributed by atoms with Crippen LogP contribution in [0.3, 0.4) is 0 Å². The number of ketones is 1. The molecule has 5 heteroatoms. The third kappa shape index (κ3) is 6.73. The average molecular weight is 522 g/mol. The van der Waals surface area contributed by atoms with Crippen LogP contribution in [-0.4, -0.2) is 35.3 Å². The van der Waals surface area contributed by atoms with E-state index in [-0.39, 0.29) is 30.6 Å². The van der Waals surface area contributed by atoms with Gasteiger partial charge in [-0.2, -0.15) is 0 Å². The molecule has 3 nitrogen and oxygen atoms in total. The van der Waals surface area contributed by atoms with Crippen molar-refractivity contribution < 1.29 is 4.79 Å². The Morgan fingerprint density at radius 2 is 1.56 bits per heavy atom. The molecule has 0 N–H and O–H groups in total. The summed E-state index contributed by atoms with van der Waals surface area (Å²) < 4.78 is 0. The Labute approximate surface area is 226 Å². The van der Waals surface area contributed by atoms with Crippen LogP contribution in [0.5, 0.6) is 0 Å². The number of benzene rings is 3. The maximum Gasteiger partial charge on any atom is 0.163 e. The van der Waals surface area contributed by atoms with E-state index in [0.717, 1.165) is 66.6 Å². The fraction of sp³-hybridized carbons (Fsp3) is 0.290. The van der Waals surface area contributed by atoms with Crippen LogP contribution in [0.25, 0.3) is 22.2 Å². The molecule has 0 aliphatic carbocycles. The topological polar surface area (TPSA) is 33.2 Å². The quantitative estimate of drug-likeness (QED) is 0.235. The van der Waals surface area contributed by atoms with Gasteiger partial charge in [0.05, 0.1) is 11.2 Å². The van der Waals surface area contributed by atoms with Crippen LogP contribution in [0.15, 0.2) is 84.9 Å². The van der Waals surface area contributed by atoms with Gasteiger partial charge in [0.15, 0.2) is 5.78 Å². The van der Waals surface area contributed by atoms with Crippen LogP contribution < -0.4 is 0 Å². The fourth-order valence-corrected chi connectivity index (χ4v) is 5.00. The van der Waals surface area contributed by atoms with Crippen molar-refractivity contribution in [3.63, 3.8) is 0 Å².